The van der Waals surface area contributed by atoms with Crippen molar-refractivity contribution in [1.29, 1.82) is 0 Å². The number of imidazole rings is 1. The number of aromatic amines is 1. The first kappa shape index (κ1) is 9.43. The van der Waals surface area contributed by atoms with Crippen LogP contribution < -0.4 is 0 Å². The second-order valence-electron chi connectivity index (χ2n) is 4.12. The smallest absolute Gasteiger partial charge is 0.178 e. The van der Waals surface area contributed by atoms with Crippen LogP contribution in [-0.4, -0.2) is 9.55 Å². The van der Waals surface area contributed by atoms with Gasteiger partial charge in [0.2, 0.25) is 0 Å². The highest BCUT2D eigenvalue weighted by molar-refractivity contribution is 7.71. The Morgan fingerprint density at radius 3 is 3.00 bits per heavy atom. The lowest BCUT2D eigenvalue weighted by atomic mass is 10.3. The van der Waals surface area contributed by atoms with E-state index in [-0.39, 0.29) is 0 Å². The van der Waals surface area contributed by atoms with Gasteiger partial charge in [0.05, 0.1) is 16.1 Å². The summed E-state index contributed by atoms with van der Waals surface area (Å²) >= 11 is 11.5. The van der Waals surface area contributed by atoms with Gasteiger partial charge >= 0.3 is 0 Å². The van der Waals surface area contributed by atoms with Crippen LogP contribution in [0.3, 0.4) is 0 Å². The molecule has 1 aromatic heterocycles. The van der Waals surface area contributed by atoms with Crippen LogP contribution in [0, 0.1) is 10.7 Å². The molecule has 0 saturated heterocycles. The van der Waals surface area contributed by atoms with Crippen LogP contribution >= 0.6 is 23.8 Å². The molecule has 0 amide bonds. The molecule has 1 heterocycles. The number of nitrogens with zero attached hydrogens (tertiary/aromatic N) is 1. The van der Waals surface area contributed by atoms with Crippen LogP contribution in [0.5, 0.6) is 0 Å². The monoisotopic (exact) mass is 238 g/mol. The fourth-order valence-corrected chi connectivity index (χ4v) is 2.46. The molecule has 1 N–H and O–H groups in total. The third-order valence-electron chi connectivity index (χ3n) is 2.88. The minimum absolute atomic E-state index is 0.778. The van der Waals surface area contributed by atoms with Crippen molar-refractivity contribution in [2.24, 2.45) is 5.92 Å². The van der Waals surface area contributed by atoms with Crippen molar-refractivity contribution in [1.82, 2.24) is 9.55 Å². The topological polar surface area (TPSA) is 20.7 Å². The summed E-state index contributed by atoms with van der Waals surface area (Å²) in [5, 5.41) is 0.778. The van der Waals surface area contributed by atoms with E-state index >= 15 is 0 Å². The molecule has 1 aliphatic rings. The zero-order valence-electron chi connectivity index (χ0n) is 8.16. The molecule has 0 unspecified atom stereocenters. The highest BCUT2D eigenvalue weighted by atomic mass is 35.5. The van der Waals surface area contributed by atoms with Gasteiger partial charge in [-0.05, 0) is 43.1 Å². The van der Waals surface area contributed by atoms with E-state index in [0.717, 1.165) is 33.3 Å². The first-order valence-electron chi connectivity index (χ1n) is 5.13. The Bertz CT molecular complexity index is 565. The first-order chi connectivity index (χ1) is 7.25. The van der Waals surface area contributed by atoms with Crippen molar-refractivity contribution in [3.63, 3.8) is 0 Å². The second kappa shape index (κ2) is 3.35. The Labute approximate surface area is 97.9 Å². The summed E-state index contributed by atoms with van der Waals surface area (Å²) in [7, 11) is 0. The van der Waals surface area contributed by atoms with Crippen molar-refractivity contribution in [2.75, 3.05) is 0 Å². The summed E-state index contributed by atoms with van der Waals surface area (Å²) in [6, 6.07) is 5.87. The lowest BCUT2D eigenvalue weighted by Gasteiger charge is -2.03. The van der Waals surface area contributed by atoms with Gasteiger partial charge in [-0.25, -0.2) is 0 Å². The third kappa shape index (κ3) is 1.60. The minimum Gasteiger partial charge on any atom is -0.331 e. The largest absolute Gasteiger partial charge is 0.331 e. The van der Waals surface area contributed by atoms with Gasteiger partial charge in [0, 0.05) is 6.54 Å². The maximum absolute atomic E-state index is 6.19. The Morgan fingerprint density at radius 1 is 1.47 bits per heavy atom. The van der Waals surface area contributed by atoms with Crippen LogP contribution in [0.1, 0.15) is 12.8 Å². The summed E-state index contributed by atoms with van der Waals surface area (Å²) in [6.45, 7) is 1.00. The number of H-pyrrole nitrogens is 1. The second-order valence-corrected chi connectivity index (χ2v) is 4.91. The lowest BCUT2D eigenvalue weighted by molar-refractivity contribution is 0.635. The van der Waals surface area contributed by atoms with Crippen molar-refractivity contribution < 1.29 is 0 Å². The molecule has 4 heteroatoms. The normalized spacial score (nSPS) is 16.1. The molecule has 2 aromatic rings. The Hall–Kier alpha value is -0.800. The van der Waals surface area contributed by atoms with Gasteiger partial charge in [-0.1, -0.05) is 17.7 Å². The number of nitrogens with one attached hydrogen (secondary N) is 1. The number of benzene rings is 1. The summed E-state index contributed by atoms with van der Waals surface area (Å²) in [5.41, 5.74) is 2.09. The summed E-state index contributed by atoms with van der Waals surface area (Å²) in [6.07, 6.45) is 2.64. The fourth-order valence-electron chi connectivity index (χ4n) is 1.91. The highest BCUT2D eigenvalue weighted by Crippen LogP contribution is 2.33. The van der Waals surface area contributed by atoms with Crippen LogP contribution in [0.25, 0.3) is 11.0 Å². The minimum atomic E-state index is 0.778. The third-order valence-corrected chi connectivity index (χ3v) is 3.51. The number of aromatic nitrogens is 2. The van der Waals surface area contributed by atoms with Crippen LogP contribution in [0.4, 0.5) is 0 Å². The molecule has 0 spiro atoms. The lowest BCUT2D eigenvalue weighted by Crippen LogP contribution is -1.99. The summed E-state index contributed by atoms with van der Waals surface area (Å²) < 4.78 is 2.91. The highest BCUT2D eigenvalue weighted by Gasteiger charge is 2.23. The molecule has 1 aromatic carbocycles. The van der Waals surface area contributed by atoms with Gasteiger partial charge in [0.15, 0.2) is 4.77 Å². The number of para-hydroxylation sites is 1. The van der Waals surface area contributed by atoms with Crippen molar-refractivity contribution >= 4 is 34.9 Å². The van der Waals surface area contributed by atoms with E-state index in [0.29, 0.717) is 0 Å². The zero-order chi connectivity index (χ0) is 10.4. The molecule has 78 valence electrons. The van der Waals surface area contributed by atoms with E-state index < -0.39 is 0 Å². The van der Waals surface area contributed by atoms with Gasteiger partial charge < -0.3 is 9.55 Å². The SMILES string of the molecule is S=c1[nH]c2cccc(Cl)c2n1CC1CC1. The van der Waals surface area contributed by atoms with E-state index in [4.69, 9.17) is 23.8 Å². The number of hydrogen-bond donors (Lipinski definition) is 1. The van der Waals surface area contributed by atoms with Gasteiger partial charge in [-0.15, -0.1) is 0 Å². The number of fused-ring (bicyclic) bond motifs is 1. The van der Waals surface area contributed by atoms with Crippen LogP contribution in [-0.2, 0) is 6.54 Å². The Balaban J connectivity index is 2.24. The first-order valence-corrected chi connectivity index (χ1v) is 5.91. The molecule has 3 rings (SSSR count). The average molecular weight is 239 g/mol. The maximum Gasteiger partial charge on any atom is 0.178 e. The zero-order valence-corrected chi connectivity index (χ0v) is 9.74. The van der Waals surface area contributed by atoms with E-state index in [2.05, 4.69) is 9.55 Å². The fraction of sp³-hybridized carbons (Fsp3) is 0.364. The molecular weight excluding hydrogens is 228 g/mol. The van der Waals surface area contributed by atoms with Gasteiger partial charge in [-0.2, -0.15) is 0 Å². The quantitative estimate of drug-likeness (QED) is 0.790. The Kier molecular flexibility index (Phi) is 2.11. The van der Waals surface area contributed by atoms with Crippen molar-refractivity contribution in [3.05, 3.63) is 28.0 Å². The summed E-state index contributed by atoms with van der Waals surface area (Å²) in [5.74, 6) is 0.798. The Morgan fingerprint density at radius 2 is 2.27 bits per heavy atom. The number of rotatable bonds is 2. The van der Waals surface area contributed by atoms with Crippen LogP contribution in [0.2, 0.25) is 5.02 Å². The predicted molar refractivity (Wildman–Crippen MR) is 64.9 cm³/mol. The van der Waals surface area contributed by atoms with Gasteiger partial charge in [0.25, 0.3) is 0 Å². The number of hydrogen-bond acceptors (Lipinski definition) is 1. The molecular formula is C11H11ClN2S. The molecule has 1 fully saturated rings. The van der Waals surface area contributed by atoms with Crippen LogP contribution in [0.15, 0.2) is 18.2 Å². The summed E-state index contributed by atoms with van der Waals surface area (Å²) in [4.78, 5) is 3.19. The molecule has 1 saturated carbocycles. The molecule has 0 atom stereocenters. The maximum atomic E-state index is 6.19. The average Bonchev–Trinajstić information content (AvgIpc) is 2.93. The number of halogens is 1. The van der Waals surface area contributed by atoms with E-state index in [1.807, 2.05) is 18.2 Å². The van der Waals surface area contributed by atoms with Gasteiger partial charge in [0.1, 0.15) is 0 Å². The molecule has 0 bridgehead atoms. The predicted octanol–water partition coefficient (Wildman–Crippen LogP) is 3.76. The molecule has 1 aliphatic carbocycles. The molecule has 2 nitrogen and oxygen atoms in total. The molecule has 15 heavy (non-hydrogen) atoms. The van der Waals surface area contributed by atoms with E-state index in [9.17, 15) is 0 Å². The standard InChI is InChI=1S/C11H11ClN2S/c12-8-2-1-3-9-10(8)14(11(15)13-9)6-7-4-5-7/h1-3,7H,4-6H2,(H,13,15). The van der Waals surface area contributed by atoms with Gasteiger partial charge in [-0.3, -0.25) is 0 Å². The molecule has 0 aliphatic heterocycles. The van der Waals surface area contributed by atoms with E-state index in [1.54, 1.807) is 0 Å². The van der Waals surface area contributed by atoms with Crippen molar-refractivity contribution in [2.45, 2.75) is 19.4 Å². The molecule has 0 radical (unpaired) electrons. The van der Waals surface area contributed by atoms with Crippen molar-refractivity contribution in [3.8, 4) is 0 Å². The van der Waals surface area contributed by atoms with E-state index in [1.165, 1.54) is 12.8 Å².